The van der Waals surface area contributed by atoms with Gasteiger partial charge >= 0.3 is 0 Å². The average Bonchev–Trinajstić information content (AvgIpc) is 3.02. The lowest BCUT2D eigenvalue weighted by Gasteiger charge is -2.03. The van der Waals surface area contributed by atoms with Crippen LogP contribution in [0.15, 0.2) is 40.9 Å². The first-order valence-corrected chi connectivity index (χ1v) is 9.60. The van der Waals surface area contributed by atoms with Crippen LogP contribution in [0.25, 0.3) is 10.6 Å². The summed E-state index contributed by atoms with van der Waals surface area (Å²) in [6.07, 6.45) is 5.48. The third-order valence-electron chi connectivity index (χ3n) is 3.30. The van der Waals surface area contributed by atoms with E-state index in [2.05, 4.69) is 25.1 Å². The van der Waals surface area contributed by atoms with Gasteiger partial charge in [0.15, 0.2) is 5.16 Å². The first-order chi connectivity index (χ1) is 12.1. The summed E-state index contributed by atoms with van der Waals surface area (Å²) < 4.78 is 0. The molecule has 0 aliphatic carbocycles. The molecule has 3 aromatic heterocycles. The maximum absolute atomic E-state index is 5.51. The zero-order valence-corrected chi connectivity index (χ0v) is 16.0. The van der Waals surface area contributed by atoms with Crippen molar-refractivity contribution in [3.8, 4) is 16.5 Å². The van der Waals surface area contributed by atoms with Gasteiger partial charge in [0.05, 0.1) is 16.3 Å². The van der Waals surface area contributed by atoms with E-state index in [-0.39, 0.29) is 0 Å². The molecule has 128 valence electrons. The number of aryl methyl sites for hydroxylation is 2. The Labute approximate surface area is 154 Å². The molecule has 0 saturated heterocycles. The average molecular weight is 371 g/mol. The van der Waals surface area contributed by atoms with E-state index in [4.69, 9.17) is 4.84 Å². The van der Waals surface area contributed by atoms with Crippen LogP contribution in [0.3, 0.4) is 0 Å². The largest absolute Gasteiger partial charge is 0.336 e. The molecule has 0 spiro atoms. The van der Waals surface area contributed by atoms with Crippen LogP contribution in [0.1, 0.15) is 23.2 Å². The molecule has 0 aromatic carbocycles. The first kappa shape index (κ1) is 17.5. The van der Waals surface area contributed by atoms with Gasteiger partial charge < -0.3 is 4.84 Å². The summed E-state index contributed by atoms with van der Waals surface area (Å²) in [7, 11) is 0. The van der Waals surface area contributed by atoms with Crippen LogP contribution >= 0.6 is 23.1 Å². The number of thiazole rings is 1. The van der Waals surface area contributed by atoms with Crippen molar-refractivity contribution < 1.29 is 4.84 Å². The third-order valence-corrected chi connectivity index (χ3v) is 5.17. The van der Waals surface area contributed by atoms with E-state index in [0.717, 1.165) is 32.5 Å². The number of hydrogen-bond acceptors (Lipinski definition) is 8. The van der Waals surface area contributed by atoms with Gasteiger partial charge in [-0.3, -0.25) is 4.98 Å². The van der Waals surface area contributed by atoms with Crippen LogP contribution in [-0.4, -0.2) is 31.9 Å². The molecule has 8 heteroatoms. The highest BCUT2D eigenvalue weighted by Gasteiger charge is 2.13. The van der Waals surface area contributed by atoms with Crippen molar-refractivity contribution in [1.82, 2.24) is 19.9 Å². The number of nitrogens with zero attached hydrogens (tertiary/aromatic N) is 5. The Balaban J connectivity index is 1.83. The van der Waals surface area contributed by atoms with Crippen LogP contribution < -0.4 is 4.84 Å². The molecule has 6 nitrogen and oxygen atoms in total. The highest BCUT2D eigenvalue weighted by molar-refractivity contribution is 7.98. The predicted octanol–water partition coefficient (Wildman–Crippen LogP) is 4.14. The second kappa shape index (κ2) is 7.71. The lowest BCUT2D eigenvalue weighted by Crippen LogP contribution is -1.99. The maximum Gasteiger partial charge on any atom is 0.252 e. The smallest absolute Gasteiger partial charge is 0.252 e. The van der Waals surface area contributed by atoms with Crippen molar-refractivity contribution in [2.75, 3.05) is 6.26 Å². The molecule has 0 amide bonds. The standard InChI is InChI=1S/C17H17N5OS2/c1-10-8-14(21-17(19-10)24-4)23-22-12(3)15-11(2)20-16(25-15)13-6-5-7-18-9-13/h5-9H,1-4H3/b22-12+. The van der Waals surface area contributed by atoms with E-state index in [1.165, 1.54) is 11.8 Å². The monoisotopic (exact) mass is 371 g/mol. The minimum Gasteiger partial charge on any atom is -0.336 e. The van der Waals surface area contributed by atoms with Gasteiger partial charge in [-0.15, -0.1) is 11.3 Å². The van der Waals surface area contributed by atoms with E-state index in [0.29, 0.717) is 11.0 Å². The highest BCUT2D eigenvalue weighted by atomic mass is 32.2. The van der Waals surface area contributed by atoms with Crippen LogP contribution in [0.2, 0.25) is 0 Å². The fourth-order valence-electron chi connectivity index (χ4n) is 2.15. The van der Waals surface area contributed by atoms with Gasteiger partial charge in [-0.25, -0.2) is 9.97 Å². The summed E-state index contributed by atoms with van der Waals surface area (Å²) in [5.74, 6) is 0.436. The number of pyridine rings is 1. The molecule has 0 radical (unpaired) electrons. The normalized spacial score (nSPS) is 11.6. The van der Waals surface area contributed by atoms with Gasteiger partial charge in [0, 0.05) is 29.7 Å². The molecule has 0 N–H and O–H groups in total. The van der Waals surface area contributed by atoms with E-state index >= 15 is 0 Å². The van der Waals surface area contributed by atoms with Crippen molar-refractivity contribution in [3.05, 3.63) is 46.9 Å². The van der Waals surface area contributed by atoms with Gasteiger partial charge in [-0.2, -0.15) is 4.98 Å². The van der Waals surface area contributed by atoms with E-state index in [1.807, 2.05) is 39.2 Å². The van der Waals surface area contributed by atoms with Crippen molar-refractivity contribution in [2.24, 2.45) is 5.16 Å². The summed E-state index contributed by atoms with van der Waals surface area (Å²) in [6, 6.07) is 5.65. The van der Waals surface area contributed by atoms with Crippen LogP contribution in [0.4, 0.5) is 0 Å². The molecule has 0 atom stereocenters. The fourth-order valence-corrected chi connectivity index (χ4v) is 3.56. The summed E-state index contributed by atoms with van der Waals surface area (Å²) in [6.45, 7) is 5.76. The third kappa shape index (κ3) is 4.21. The molecule has 0 saturated carbocycles. The van der Waals surface area contributed by atoms with Crippen molar-refractivity contribution in [3.63, 3.8) is 0 Å². The van der Waals surface area contributed by atoms with Gasteiger partial charge in [0.2, 0.25) is 0 Å². The molecule has 0 fully saturated rings. The lowest BCUT2D eigenvalue weighted by molar-refractivity contribution is 0.323. The Morgan fingerprint density at radius 3 is 2.80 bits per heavy atom. The Morgan fingerprint density at radius 2 is 2.08 bits per heavy atom. The highest BCUT2D eigenvalue weighted by Crippen LogP contribution is 2.28. The number of aromatic nitrogens is 4. The second-order valence-corrected chi connectivity index (χ2v) is 7.05. The van der Waals surface area contributed by atoms with E-state index in [1.54, 1.807) is 29.8 Å². The molecular weight excluding hydrogens is 354 g/mol. The summed E-state index contributed by atoms with van der Waals surface area (Å²) in [5.41, 5.74) is 3.51. The number of oxime groups is 1. The molecule has 0 bridgehead atoms. The molecule has 3 rings (SSSR count). The van der Waals surface area contributed by atoms with Gasteiger partial charge in [0.1, 0.15) is 5.01 Å². The maximum atomic E-state index is 5.51. The predicted molar refractivity (Wildman–Crippen MR) is 101 cm³/mol. The van der Waals surface area contributed by atoms with Crippen LogP contribution in [0.5, 0.6) is 5.88 Å². The van der Waals surface area contributed by atoms with E-state index in [9.17, 15) is 0 Å². The van der Waals surface area contributed by atoms with Gasteiger partial charge in [-0.05, 0) is 39.2 Å². The van der Waals surface area contributed by atoms with Crippen molar-refractivity contribution in [2.45, 2.75) is 25.9 Å². The summed E-state index contributed by atoms with van der Waals surface area (Å²) in [5, 5.41) is 5.80. The minimum atomic E-state index is 0.436. The van der Waals surface area contributed by atoms with Crippen LogP contribution in [0, 0.1) is 13.8 Å². The zero-order valence-electron chi connectivity index (χ0n) is 14.3. The van der Waals surface area contributed by atoms with Crippen molar-refractivity contribution in [1.29, 1.82) is 0 Å². The Hall–Kier alpha value is -2.32. The second-order valence-electron chi connectivity index (χ2n) is 5.28. The SMILES string of the molecule is CSc1nc(C)cc(O/N=C(\C)c2sc(-c3cccnc3)nc2C)n1. The Kier molecular flexibility index (Phi) is 5.40. The van der Waals surface area contributed by atoms with E-state index < -0.39 is 0 Å². The molecular formula is C17H17N5OS2. The molecule has 0 unspecified atom stereocenters. The molecule has 3 heterocycles. The zero-order chi connectivity index (χ0) is 17.8. The number of hydrogen-bond donors (Lipinski definition) is 0. The molecule has 0 aliphatic heterocycles. The molecule has 3 aromatic rings. The molecule has 0 aliphatic rings. The summed E-state index contributed by atoms with van der Waals surface area (Å²) >= 11 is 3.03. The van der Waals surface area contributed by atoms with Gasteiger partial charge in [-0.1, -0.05) is 16.9 Å². The fraction of sp³-hybridized carbons (Fsp3) is 0.235. The van der Waals surface area contributed by atoms with Crippen LogP contribution in [-0.2, 0) is 0 Å². The topological polar surface area (TPSA) is 73.2 Å². The first-order valence-electron chi connectivity index (χ1n) is 7.56. The van der Waals surface area contributed by atoms with Gasteiger partial charge in [0.25, 0.3) is 5.88 Å². The summed E-state index contributed by atoms with van der Waals surface area (Å²) in [4.78, 5) is 23.8. The Bertz CT molecular complexity index is 909. The number of thioether (sulfide) groups is 1. The number of rotatable bonds is 5. The lowest BCUT2D eigenvalue weighted by atomic mass is 10.3. The quantitative estimate of drug-likeness (QED) is 0.290. The molecule has 25 heavy (non-hydrogen) atoms. The minimum absolute atomic E-state index is 0.436. The Morgan fingerprint density at radius 1 is 1.24 bits per heavy atom. The van der Waals surface area contributed by atoms with Crippen molar-refractivity contribution >= 4 is 28.8 Å².